The standard InChI is InChI=1S/C29H36N2O.3C2H6/c1-4-12-26(13-5-1)14-10-19-30-20-11-21-31(23-22-30)24-25-32-29(27-15-6-2-7-16-27)28-17-8-3-9-18-28;3*1-2/h1-9,12-13,15-18,29H,10-11,14,19-25H2;3*1-2H3. The predicted octanol–water partition coefficient (Wildman–Crippen LogP) is 8.51. The molecule has 0 saturated carbocycles. The van der Waals surface area contributed by atoms with Gasteiger partial charge in [0.15, 0.2) is 0 Å². The van der Waals surface area contributed by atoms with Crippen LogP contribution in [0.3, 0.4) is 0 Å². The van der Waals surface area contributed by atoms with Crippen LogP contribution >= 0.6 is 0 Å². The topological polar surface area (TPSA) is 15.7 Å². The summed E-state index contributed by atoms with van der Waals surface area (Å²) in [7, 11) is 0. The predicted molar refractivity (Wildman–Crippen MR) is 167 cm³/mol. The third kappa shape index (κ3) is 12.9. The number of ether oxygens (including phenoxy) is 1. The van der Waals surface area contributed by atoms with E-state index in [0.29, 0.717) is 0 Å². The lowest BCUT2D eigenvalue weighted by Gasteiger charge is -2.24. The Morgan fingerprint density at radius 2 is 1.03 bits per heavy atom. The Morgan fingerprint density at radius 3 is 1.53 bits per heavy atom. The molecule has 4 rings (SSSR count). The number of rotatable bonds is 10. The molecule has 1 aliphatic rings. The van der Waals surface area contributed by atoms with Crippen LogP contribution in [0, 0.1) is 0 Å². The van der Waals surface area contributed by atoms with Gasteiger partial charge in [-0.1, -0.05) is 133 Å². The van der Waals surface area contributed by atoms with Crippen molar-refractivity contribution in [2.24, 2.45) is 0 Å². The molecule has 0 bridgehead atoms. The largest absolute Gasteiger partial charge is 0.367 e. The minimum atomic E-state index is -0.00105. The van der Waals surface area contributed by atoms with Gasteiger partial charge in [0.05, 0.1) is 6.61 Å². The van der Waals surface area contributed by atoms with Gasteiger partial charge in [0.2, 0.25) is 0 Å². The Morgan fingerprint density at radius 1 is 0.579 bits per heavy atom. The number of hydrogen-bond donors (Lipinski definition) is 0. The van der Waals surface area contributed by atoms with Crippen molar-refractivity contribution in [3.8, 4) is 0 Å². The second-order valence-electron chi connectivity index (χ2n) is 8.70. The number of benzene rings is 3. The molecule has 0 aromatic heterocycles. The highest BCUT2D eigenvalue weighted by Crippen LogP contribution is 2.25. The molecule has 3 aromatic rings. The number of aryl methyl sites for hydroxylation is 1. The fraction of sp³-hybridized carbons (Fsp3) is 0.486. The summed E-state index contributed by atoms with van der Waals surface area (Å²) in [6.07, 6.45) is 3.66. The monoisotopic (exact) mass is 518 g/mol. The molecular formula is C35H54N2O. The lowest BCUT2D eigenvalue weighted by molar-refractivity contribution is 0.0605. The highest BCUT2D eigenvalue weighted by atomic mass is 16.5. The first-order valence-electron chi connectivity index (χ1n) is 15.1. The molecule has 1 saturated heterocycles. The molecule has 0 unspecified atom stereocenters. The molecule has 3 aromatic carbocycles. The molecule has 0 amide bonds. The van der Waals surface area contributed by atoms with Crippen molar-refractivity contribution >= 4 is 0 Å². The van der Waals surface area contributed by atoms with Crippen LogP contribution in [0.4, 0.5) is 0 Å². The summed E-state index contributed by atoms with van der Waals surface area (Å²) in [5, 5.41) is 0. The zero-order valence-corrected chi connectivity index (χ0v) is 25.1. The summed E-state index contributed by atoms with van der Waals surface area (Å²) in [5.74, 6) is 0. The Labute approximate surface area is 234 Å². The molecule has 0 atom stereocenters. The SMILES string of the molecule is CC.CC.CC.c1ccc(CCCN2CCCN(CCOC(c3ccccc3)c3ccccc3)CC2)cc1. The Balaban J connectivity index is 0.00000112. The van der Waals surface area contributed by atoms with Crippen LogP contribution in [0.25, 0.3) is 0 Å². The van der Waals surface area contributed by atoms with E-state index in [1.807, 2.05) is 41.5 Å². The third-order valence-corrected chi connectivity index (χ3v) is 6.36. The van der Waals surface area contributed by atoms with Crippen LogP contribution in [0.1, 0.15) is 77.2 Å². The van der Waals surface area contributed by atoms with E-state index in [2.05, 4.69) is 101 Å². The minimum Gasteiger partial charge on any atom is -0.367 e. The van der Waals surface area contributed by atoms with E-state index < -0.39 is 0 Å². The van der Waals surface area contributed by atoms with Crippen molar-refractivity contribution in [2.75, 3.05) is 45.9 Å². The second-order valence-corrected chi connectivity index (χ2v) is 8.70. The molecule has 1 fully saturated rings. The van der Waals surface area contributed by atoms with E-state index in [4.69, 9.17) is 4.74 Å². The molecule has 1 aliphatic heterocycles. The van der Waals surface area contributed by atoms with Crippen LogP contribution in [-0.2, 0) is 11.2 Å². The van der Waals surface area contributed by atoms with Gasteiger partial charge in [-0.2, -0.15) is 0 Å². The Hall–Kier alpha value is -2.46. The molecule has 3 heteroatoms. The van der Waals surface area contributed by atoms with E-state index in [1.54, 1.807) is 0 Å². The first-order valence-corrected chi connectivity index (χ1v) is 15.1. The zero-order chi connectivity index (χ0) is 27.8. The van der Waals surface area contributed by atoms with Gasteiger partial charge in [0.1, 0.15) is 6.10 Å². The maximum atomic E-state index is 6.44. The van der Waals surface area contributed by atoms with E-state index in [0.717, 1.165) is 26.2 Å². The summed E-state index contributed by atoms with van der Waals surface area (Å²) in [4.78, 5) is 5.21. The molecule has 0 aliphatic carbocycles. The van der Waals surface area contributed by atoms with Gasteiger partial charge in [-0.25, -0.2) is 0 Å². The first-order chi connectivity index (χ1) is 18.9. The lowest BCUT2D eigenvalue weighted by Crippen LogP contribution is -2.33. The fourth-order valence-corrected chi connectivity index (χ4v) is 4.56. The van der Waals surface area contributed by atoms with Gasteiger partial charge in [0, 0.05) is 19.6 Å². The first kappa shape index (κ1) is 33.6. The Kier molecular flexibility index (Phi) is 19.9. The zero-order valence-electron chi connectivity index (χ0n) is 25.1. The van der Waals surface area contributed by atoms with Crippen molar-refractivity contribution in [1.82, 2.24) is 9.80 Å². The summed E-state index contributed by atoms with van der Waals surface area (Å²) >= 11 is 0. The van der Waals surface area contributed by atoms with Crippen molar-refractivity contribution in [2.45, 2.75) is 66.9 Å². The van der Waals surface area contributed by atoms with Crippen LogP contribution in [0.5, 0.6) is 0 Å². The molecule has 3 nitrogen and oxygen atoms in total. The summed E-state index contributed by atoms with van der Waals surface area (Å²) < 4.78 is 6.44. The second kappa shape index (κ2) is 22.5. The highest BCUT2D eigenvalue weighted by molar-refractivity contribution is 5.29. The van der Waals surface area contributed by atoms with Crippen LogP contribution in [0.15, 0.2) is 91.0 Å². The normalized spacial score (nSPS) is 13.7. The molecular weight excluding hydrogens is 464 g/mol. The number of hydrogen-bond acceptors (Lipinski definition) is 3. The van der Waals surface area contributed by atoms with Gasteiger partial charge in [0.25, 0.3) is 0 Å². The molecule has 38 heavy (non-hydrogen) atoms. The molecule has 210 valence electrons. The molecule has 0 N–H and O–H groups in total. The lowest BCUT2D eigenvalue weighted by atomic mass is 10.0. The minimum absolute atomic E-state index is 0.00105. The summed E-state index contributed by atoms with van der Waals surface area (Å²) in [5.41, 5.74) is 3.89. The third-order valence-electron chi connectivity index (χ3n) is 6.36. The molecule has 1 heterocycles. The maximum absolute atomic E-state index is 6.44. The van der Waals surface area contributed by atoms with Crippen molar-refractivity contribution < 1.29 is 4.74 Å². The van der Waals surface area contributed by atoms with Gasteiger partial charge >= 0.3 is 0 Å². The van der Waals surface area contributed by atoms with Crippen LogP contribution < -0.4 is 0 Å². The Bertz CT molecular complexity index is 846. The quantitative estimate of drug-likeness (QED) is 0.267. The fourth-order valence-electron chi connectivity index (χ4n) is 4.56. The molecule has 0 spiro atoms. The van der Waals surface area contributed by atoms with E-state index in [1.165, 1.54) is 55.6 Å². The van der Waals surface area contributed by atoms with Crippen LogP contribution in [0.2, 0.25) is 0 Å². The van der Waals surface area contributed by atoms with E-state index in [-0.39, 0.29) is 6.10 Å². The van der Waals surface area contributed by atoms with Crippen molar-refractivity contribution in [3.63, 3.8) is 0 Å². The van der Waals surface area contributed by atoms with Crippen molar-refractivity contribution in [3.05, 3.63) is 108 Å². The van der Waals surface area contributed by atoms with Gasteiger partial charge in [-0.15, -0.1) is 0 Å². The van der Waals surface area contributed by atoms with E-state index >= 15 is 0 Å². The molecule has 0 radical (unpaired) electrons. The number of nitrogens with zero attached hydrogens (tertiary/aromatic N) is 2. The summed E-state index contributed by atoms with van der Waals surface area (Å²) in [6, 6.07) is 32.0. The van der Waals surface area contributed by atoms with Gasteiger partial charge < -0.3 is 9.64 Å². The van der Waals surface area contributed by atoms with E-state index in [9.17, 15) is 0 Å². The van der Waals surface area contributed by atoms with Crippen molar-refractivity contribution in [1.29, 1.82) is 0 Å². The average molecular weight is 519 g/mol. The smallest absolute Gasteiger partial charge is 0.108 e. The van der Waals surface area contributed by atoms with Gasteiger partial charge in [-0.05, 0) is 55.6 Å². The maximum Gasteiger partial charge on any atom is 0.108 e. The average Bonchev–Trinajstić information content (AvgIpc) is 3.25. The summed E-state index contributed by atoms with van der Waals surface area (Å²) in [6.45, 7) is 19.6. The van der Waals surface area contributed by atoms with Crippen LogP contribution in [-0.4, -0.2) is 55.7 Å². The highest BCUT2D eigenvalue weighted by Gasteiger charge is 2.17. The van der Waals surface area contributed by atoms with Gasteiger partial charge in [-0.3, -0.25) is 4.90 Å².